The molecule has 35 heavy (non-hydrogen) atoms. The summed E-state index contributed by atoms with van der Waals surface area (Å²) in [6, 6.07) is 12.0. The zero-order chi connectivity index (χ0) is 25.1. The van der Waals surface area contributed by atoms with Crippen molar-refractivity contribution in [1.82, 2.24) is 9.58 Å². The first-order valence-corrected chi connectivity index (χ1v) is 12.3. The van der Waals surface area contributed by atoms with Gasteiger partial charge in [0.15, 0.2) is 5.43 Å². The predicted molar refractivity (Wildman–Crippen MR) is 130 cm³/mol. The molecule has 2 atom stereocenters. The monoisotopic (exact) mass is 519 g/mol. The van der Waals surface area contributed by atoms with E-state index in [4.69, 9.17) is 11.6 Å². The van der Waals surface area contributed by atoms with Gasteiger partial charge in [0.1, 0.15) is 18.4 Å². The van der Waals surface area contributed by atoms with Crippen LogP contribution in [0.5, 0.6) is 0 Å². The van der Waals surface area contributed by atoms with E-state index in [2.05, 4.69) is 0 Å². The average Bonchev–Trinajstić information content (AvgIpc) is 2.97. The standard InChI is InChI=1S/C25H21ClF3N3O2S/c1-14-20(33)9-10-31-22(14)24(34)30(15(2)25(27,28)29)13-32(31)23-18-5-3-4-6-21(18)35-12-16-7-8-17(26)11-19(16)23/h3-11,15,23H,12-13H2,1-2H3/t15-,23+/m0/s1. The van der Waals surface area contributed by atoms with E-state index in [0.717, 1.165) is 33.4 Å². The fourth-order valence-corrected chi connectivity index (χ4v) is 5.91. The summed E-state index contributed by atoms with van der Waals surface area (Å²) in [5.74, 6) is -0.172. The number of halogens is 4. The van der Waals surface area contributed by atoms with Crippen LogP contribution in [0.3, 0.4) is 0 Å². The van der Waals surface area contributed by atoms with Crippen LogP contribution in [0.25, 0.3) is 0 Å². The third-order valence-electron chi connectivity index (χ3n) is 6.60. The first-order chi connectivity index (χ1) is 16.6. The van der Waals surface area contributed by atoms with Gasteiger partial charge in [0, 0.05) is 33.5 Å². The summed E-state index contributed by atoms with van der Waals surface area (Å²) < 4.78 is 43.0. The number of carbonyl (C=O) groups is 1. The highest BCUT2D eigenvalue weighted by atomic mass is 35.5. The molecule has 10 heteroatoms. The molecular formula is C25H21ClF3N3O2S. The predicted octanol–water partition coefficient (Wildman–Crippen LogP) is 5.51. The Balaban J connectivity index is 1.79. The number of hydrogen-bond donors (Lipinski definition) is 0. The Morgan fingerprint density at radius 1 is 1.09 bits per heavy atom. The summed E-state index contributed by atoms with van der Waals surface area (Å²) >= 11 is 8.02. The van der Waals surface area contributed by atoms with E-state index in [9.17, 15) is 22.8 Å². The fraction of sp³-hybridized carbons (Fsp3) is 0.280. The van der Waals surface area contributed by atoms with E-state index in [1.807, 2.05) is 36.4 Å². The molecular weight excluding hydrogens is 499 g/mol. The van der Waals surface area contributed by atoms with Gasteiger partial charge in [0.05, 0.1) is 6.04 Å². The van der Waals surface area contributed by atoms with E-state index in [0.29, 0.717) is 10.8 Å². The van der Waals surface area contributed by atoms with Gasteiger partial charge in [0.2, 0.25) is 0 Å². The Morgan fingerprint density at radius 2 is 1.83 bits per heavy atom. The van der Waals surface area contributed by atoms with Crippen LogP contribution in [-0.4, -0.2) is 34.4 Å². The molecule has 0 saturated heterocycles. The maximum Gasteiger partial charge on any atom is 0.408 e. The molecule has 0 spiro atoms. The average molecular weight is 520 g/mol. The van der Waals surface area contributed by atoms with Gasteiger partial charge in [-0.15, -0.1) is 11.8 Å². The number of pyridine rings is 1. The van der Waals surface area contributed by atoms with Gasteiger partial charge in [-0.3, -0.25) is 19.3 Å². The van der Waals surface area contributed by atoms with E-state index in [1.165, 1.54) is 23.9 Å². The maximum atomic E-state index is 13.8. The summed E-state index contributed by atoms with van der Waals surface area (Å²) in [5.41, 5.74) is 2.33. The van der Waals surface area contributed by atoms with Crippen molar-refractivity contribution in [2.45, 2.75) is 42.8 Å². The number of hydrogen-bond acceptors (Lipinski definition) is 4. The SMILES string of the molecule is Cc1c2n(ccc1=O)N([C@H]1c3cc(Cl)ccc3CSc3ccccc31)CN([C@@H](C)C(F)(F)F)C2=O. The minimum absolute atomic E-state index is 0.0715. The topological polar surface area (TPSA) is 45.6 Å². The number of benzene rings is 2. The first kappa shape index (κ1) is 23.8. The highest BCUT2D eigenvalue weighted by Crippen LogP contribution is 2.43. The number of aromatic nitrogens is 1. The molecule has 1 aromatic heterocycles. The Labute approximate surface area is 209 Å². The second-order valence-electron chi connectivity index (χ2n) is 8.64. The van der Waals surface area contributed by atoms with Crippen molar-refractivity contribution in [3.63, 3.8) is 0 Å². The van der Waals surface area contributed by atoms with E-state index >= 15 is 0 Å². The minimum Gasteiger partial charge on any atom is -0.306 e. The van der Waals surface area contributed by atoms with Crippen molar-refractivity contribution in [3.05, 3.63) is 97.9 Å². The molecule has 2 aromatic carbocycles. The molecule has 3 aromatic rings. The summed E-state index contributed by atoms with van der Waals surface area (Å²) in [5, 5.41) is 2.22. The molecule has 5 nitrogen and oxygen atoms in total. The number of carbonyl (C=O) groups excluding carboxylic acids is 1. The molecule has 2 aliphatic rings. The van der Waals surface area contributed by atoms with Gasteiger partial charge in [-0.25, -0.2) is 0 Å². The van der Waals surface area contributed by atoms with Crippen LogP contribution in [0.4, 0.5) is 13.2 Å². The first-order valence-electron chi connectivity index (χ1n) is 10.9. The molecule has 0 radical (unpaired) electrons. The summed E-state index contributed by atoms with van der Waals surface area (Å²) in [4.78, 5) is 27.5. The molecule has 2 aliphatic heterocycles. The van der Waals surface area contributed by atoms with Gasteiger partial charge in [-0.05, 0) is 48.7 Å². The van der Waals surface area contributed by atoms with Crippen molar-refractivity contribution >= 4 is 29.3 Å². The van der Waals surface area contributed by atoms with Gasteiger partial charge in [0.25, 0.3) is 5.91 Å². The molecule has 1 amide bonds. The van der Waals surface area contributed by atoms with Crippen molar-refractivity contribution in [3.8, 4) is 0 Å². The van der Waals surface area contributed by atoms with Crippen LogP contribution in [0, 0.1) is 6.92 Å². The van der Waals surface area contributed by atoms with Crippen LogP contribution in [0.1, 0.15) is 45.7 Å². The van der Waals surface area contributed by atoms with Crippen LogP contribution in [0.15, 0.2) is 64.4 Å². The van der Waals surface area contributed by atoms with Crippen molar-refractivity contribution in [2.75, 3.05) is 11.7 Å². The van der Waals surface area contributed by atoms with Crippen molar-refractivity contribution < 1.29 is 18.0 Å². The van der Waals surface area contributed by atoms with Crippen molar-refractivity contribution in [2.24, 2.45) is 0 Å². The van der Waals surface area contributed by atoms with Crippen LogP contribution in [0.2, 0.25) is 5.02 Å². The van der Waals surface area contributed by atoms with Gasteiger partial charge in [-0.2, -0.15) is 13.2 Å². The number of alkyl halides is 3. The molecule has 5 rings (SSSR count). The van der Waals surface area contributed by atoms with Crippen LogP contribution in [-0.2, 0) is 5.75 Å². The second kappa shape index (κ2) is 8.64. The lowest BCUT2D eigenvalue weighted by Gasteiger charge is -2.46. The van der Waals surface area contributed by atoms with E-state index in [-0.39, 0.29) is 17.9 Å². The molecule has 0 fully saturated rings. The Kier molecular flexibility index (Phi) is 5.88. The number of amides is 1. The summed E-state index contributed by atoms with van der Waals surface area (Å²) in [6.07, 6.45) is -3.17. The number of fused-ring (bicyclic) bond motifs is 3. The van der Waals surface area contributed by atoms with Gasteiger partial charge in [-0.1, -0.05) is 35.9 Å². The highest BCUT2D eigenvalue weighted by molar-refractivity contribution is 7.98. The highest BCUT2D eigenvalue weighted by Gasteiger charge is 2.47. The van der Waals surface area contributed by atoms with Crippen LogP contribution < -0.4 is 10.4 Å². The molecule has 3 heterocycles. The molecule has 0 aliphatic carbocycles. The number of rotatable bonds is 2. The largest absolute Gasteiger partial charge is 0.408 e. The third-order valence-corrected chi connectivity index (χ3v) is 7.97. The minimum atomic E-state index is -4.63. The zero-order valence-corrected chi connectivity index (χ0v) is 20.4. The lowest BCUT2D eigenvalue weighted by molar-refractivity contribution is -0.173. The second-order valence-corrected chi connectivity index (χ2v) is 10.1. The molecule has 0 saturated carbocycles. The molecule has 182 valence electrons. The smallest absolute Gasteiger partial charge is 0.306 e. The molecule has 0 bridgehead atoms. The molecule has 0 unspecified atom stereocenters. The Bertz CT molecular complexity index is 1390. The van der Waals surface area contributed by atoms with Crippen LogP contribution >= 0.6 is 23.4 Å². The maximum absolute atomic E-state index is 13.8. The normalized spacial score (nSPS) is 18.5. The Morgan fingerprint density at radius 3 is 2.57 bits per heavy atom. The third kappa shape index (κ3) is 4.00. The Hall–Kier alpha value is -2.91. The fourth-order valence-electron chi connectivity index (χ4n) is 4.64. The quantitative estimate of drug-likeness (QED) is 0.448. The number of thioether (sulfide) groups is 1. The lowest BCUT2D eigenvalue weighted by Crippen LogP contribution is -2.60. The van der Waals surface area contributed by atoms with E-state index < -0.39 is 29.6 Å². The van der Waals surface area contributed by atoms with Gasteiger partial charge >= 0.3 is 6.18 Å². The summed E-state index contributed by atoms with van der Waals surface area (Å²) in [7, 11) is 0. The van der Waals surface area contributed by atoms with Gasteiger partial charge < -0.3 is 4.90 Å². The number of nitrogens with zero attached hydrogens (tertiary/aromatic N) is 3. The zero-order valence-electron chi connectivity index (χ0n) is 18.8. The van der Waals surface area contributed by atoms with E-state index in [1.54, 1.807) is 22.8 Å². The summed E-state index contributed by atoms with van der Waals surface area (Å²) in [6.45, 7) is 2.10. The van der Waals surface area contributed by atoms with Crippen molar-refractivity contribution in [1.29, 1.82) is 0 Å². The lowest BCUT2D eigenvalue weighted by atomic mass is 9.94. The molecule has 0 N–H and O–H groups in total.